The second-order valence-electron chi connectivity index (χ2n) is 5.81. The van der Waals surface area contributed by atoms with Crippen LogP contribution in [0.2, 0.25) is 0 Å². The zero-order chi connectivity index (χ0) is 14.8. The molecular weight excluding hydrogens is 266 g/mol. The summed E-state index contributed by atoms with van der Waals surface area (Å²) in [6.45, 7) is 2.22. The lowest BCUT2D eigenvalue weighted by Gasteiger charge is -2.19. The van der Waals surface area contributed by atoms with Crippen LogP contribution in [-0.4, -0.2) is 0 Å². The maximum absolute atomic E-state index is 14.4. The van der Waals surface area contributed by atoms with E-state index >= 15 is 0 Å². The van der Waals surface area contributed by atoms with Gasteiger partial charge in [0.1, 0.15) is 11.6 Å². The highest BCUT2D eigenvalue weighted by molar-refractivity contribution is 5.71. The Hall–Kier alpha value is -1.96. The standard InChI is InChI=1S/C19H18F2/c1-13-5-7-14(8-6-13)18-10-9-16(12-19(18)21)15-3-2-4-17(20)11-15/h2-4,7,9-13H,5-6,8H2,1H3. The van der Waals surface area contributed by atoms with Gasteiger partial charge in [-0.2, -0.15) is 0 Å². The SMILES string of the molecule is CC1CC=C(c2ccc(-c3cccc(F)c3)cc2F)CC1. The van der Waals surface area contributed by atoms with E-state index in [0.29, 0.717) is 22.6 Å². The van der Waals surface area contributed by atoms with Gasteiger partial charge in [0.05, 0.1) is 0 Å². The summed E-state index contributed by atoms with van der Waals surface area (Å²) < 4.78 is 27.6. The number of halogens is 2. The molecule has 0 fully saturated rings. The summed E-state index contributed by atoms with van der Waals surface area (Å²) >= 11 is 0. The van der Waals surface area contributed by atoms with E-state index in [0.717, 1.165) is 24.8 Å². The first-order valence-electron chi connectivity index (χ1n) is 7.38. The maximum Gasteiger partial charge on any atom is 0.131 e. The predicted octanol–water partition coefficient (Wildman–Crippen LogP) is 5.84. The Kier molecular flexibility index (Phi) is 3.87. The fourth-order valence-corrected chi connectivity index (χ4v) is 2.83. The van der Waals surface area contributed by atoms with Crippen molar-refractivity contribution in [3.05, 3.63) is 65.7 Å². The summed E-state index contributed by atoms with van der Waals surface area (Å²) in [5.41, 5.74) is 3.19. The Morgan fingerprint density at radius 2 is 1.81 bits per heavy atom. The molecule has 0 radical (unpaired) electrons. The molecule has 1 unspecified atom stereocenters. The van der Waals surface area contributed by atoms with Crippen LogP contribution in [0.3, 0.4) is 0 Å². The van der Waals surface area contributed by atoms with E-state index < -0.39 is 0 Å². The third-order valence-electron chi connectivity index (χ3n) is 4.15. The molecule has 0 amide bonds. The molecule has 0 bridgehead atoms. The second-order valence-corrected chi connectivity index (χ2v) is 5.81. The Bertz CT molecular complexity index is 686. The fourth-order valence-electron chi connectivity index (χ4n) is 2.83. The number of hydrogen-bond acceptors (Lipinski definition) is 0. The molecule has 0 saturated heterocycles. The van der Waals surface area contributed by atoms with Gasteiger partial charge in [0.25, 0.3) is 0 Å². The zero-order valence-corrected chi connectivity index (χ0v) is 12.1. The minimum atomic E-state index is -0.305. The van der Waals surface area contributed by atoms with E-state index in [1.165, 1.54) is 18.2 Å². The molecule has 21 heavy (non-hydrogen) atoms. The molecule has 1 aliphatic rings. The smallest absolute Gasteiger partial charge is 0.131 e. The van der Waals surface area contributed by atoms with Crippen molar-refractivity contribution in [3.63, 3.8) is 0 Å². The van der Waals surface area contributed by atoms with Gasteiger partial charge in [0.15, 0.2) is 0 Å². The number of hydrogen-bond donors (Lipinski definition) is 0. The van der Waals surface area contributed by atoms with Gasteiger partial charge >= 0.3 is 0 Å². The summed E-state index contributed by atoms with van der Waals surface area (Å²) in [5.74, 6) is 0.155. The van der Waals surface area contributed by atoms with Crippen LogP contribution in [0.25, 0.3) is 16.7 Å². The highest BCUT2D eigenvalue weighted by Gasteiger charge is 2.15. The van der Waals surface area contributed by atoms with Crippen LogP contribution in [0.5, 0.6) is 0 Å². The molecule has 2 heteroatoms. The third-order valence-corrected chi connectivity index (χ3v) is 4.15. The highest BCUT2D eigenvalue weighted by atomic mass is 19.1. The second kappa shape index (κ2) is 5.80. The van der Waals surface area contributed by atoms with Crippen LogP contribution in [0.4, 0.5) is 8.78 Å². The van der Waals surface area contributed by atoms with Gasteiger partial charge in [-0.3, -0.25) is 0 Å². The quantitative estimate of drug-likeness (QED) is 0.650. The summed E-state index contributed by atoms with van der Waals surface area (Å²) in [5, 5.41) is 0. The zero-order valence-electron chi connectivity index (χ0n) is 12.1. The summed E-state index contributed by atoms with van der Waals surface area (Å²) in [7, 11) is 0. The van der Waals surface area contributed by atoms with Gasteiger partial charge < -0.3 is 0 Å². The van der Waals surface area contributed by atoms with Gasteiger partial charge in [0, 0.05) is 5.56 Å². The maximum atomic E-state index is 14.4. The Morgan fingerprint density at radius 1 is 1.00 bits per heavy atom. The fraction of sp³-hybridized carbons (Fsp3) is 0.263. The molecular formula is C19H18F2. The van der Waals surface area contributed by atoms with Gasteiger partial charge in [0.2, 0.25) is 0 Å². The monoisotopic (exact) mass is 284 g/mol. The van der Waals surface area contributed by atoms with Gasteiger partial charge in [-0.1, -0.05) is 37.3 Å². The third kappa shape index (κ3) is 3.05. The first kappa shape index (κ1) is 14.0. The van der Waals surface area contributed by atoms with Crippen molar-refractivity contribution in [2.24, 2.45) is 5.92 Å². The van der Waals surface area contributed by atoms with Crippen molar-refractivity contribution in [2.75, 3.05) is 0 Å². The van der Waals surface area contributed by atoms with Crippen molar-refractivity contribution >= 4 is 5.57 Å². The molecule has 0 nitrogen and oxygen atoms in total. The molecule has 0 aromatic heterocycles. The van der Waals surface area contributed by atoms with Gasteiger partial charge in [-0.05, 0) is 60.1 Å². The van der Waals surface area contributed by atoms with Crippen molar-refractivity contribution in [1.29, 1.82) is 0 Å². The summed E-state index contributed by atoms with van der Waals surface area (Å²) in [6.07, 6.45) is 5.20. The van der Waals surface area contributed by atoms with Crippen LogP contribution in [0.15, 0.2) is 48.5 Å². The average molecular weight is 284 g/mol. The average Bonchev–Trinajstić information content (AvgIpc) is 2.48. The van der Waals surface area contributed by atoms with Crippen LogP contribution in [0, 0.1) is 17.6 Å². The molecule has 2 aromatic carbocycles. The Labute approximate surface area is 124 Å². The highest BCUT2D eigenvalue weighted by Crippen LogP contribution is 2.33. The van der Waals surface area contributed by atoms with E-state index in [2.05, 4.69) is 13.0 Å². The van der Waals surface area contributed by atoms with E-state index in [9.17, 15) is 8.78 Å². The molecule has 0 saturated carbocycles. The number of rotatable bonds is 2. The van der Waals surface area contributed by atoms with Crippen LogP contribution in [0.1, 0.15) is 31.7 Å². The van der Waals surface area contributed by atoms with Gasteiger partial charge in [-0.25, -0.2) is 8.78 Å². The van der Waals surface area contributed by atoms with Crippen molar-refractivity contribution in [3.8, 4) is 11.1 Å². The van der Waals surface area contributed by atoms with Crippen LogP contribution in [-0.2, 0) is 0 Å². The van der Waals surface area contributed by atoms with E-state index in [1.807, 2.05) is 12.1 Å². The lowest BCUT2D eigenvalue weighted by Crippen LogP contribution is -2.02. The van der Waals surface area contributed by atoms with Crippen molar-refractivity contribution < 1.29 is 8.78 Å². The van der Waals surface area contributed by atoms with E-state index in [-0.39, 0.29) is 11.6 Å². The topological polar surface area (TPSA) is 0 Å². The first-order chi connectivity index (χ1) is 10.1. The molecule has 0 heterocycles. The number of benzene rings is 2. The molecule has 1 atom stereocenters. The molecule has 3 rings (SSSR count). The molecule has 1 aliphatic carbocycles. The summed E-state index contributed by atoms with van der Waals surface area (Å²) in [6, 6.07) is 11.4. The van der Waals surface area contributed by atoms with Crippen LogP contribution >= 0.6 is 0 Å². The van der Waals surface area contributed by atoms with Crippen molar-refractivity contribution in [2.45, 2.75) is 26.2 Å². The molecule has 0 aliphatic heterocycles. The lowest BCUT2D eigenvalue weighted by molar-refractivity contribution is 0.531. The largest absolute Gasteiger partial charge is 0.207 e. The Balaban J connectivity index is 1.93. The lowest BCUT2D eigenvalue weighted by atomic mass is 9.87. The van der Waals surface area contributed by atoms with E-state index in [4.69, 9.17) is 0 Å². The number of allylic oxidation sites excluding steroid dienone is 2. The van der Waals surface area contributed by atoms with E-state index in [1.54, 1.807) is 12.1 Å². The minimum absolute atomic E-state index is 0.224. The molecule has 0 N–H and O–H groups in total. The molecule has 2 aromatic rings. The molecule has 0 spiro atoms. The van der Waals surface area contributed by atoms with Gasteiger partial charge in [-0.15, -0.1) is 0 Å². The normalized spacial score (nSPS) is 18.4. The van der Waals surface area contributed by atoms with Crippen LogP contribution < -0.4 is 0 Å². The Morgan fingerprint density at radius 3 is 2.48 bits per heavy atom. The minimum Gasteiger partial charge on any atom is -0.207 e. The first-order valence-corrected chi connectivity index (χ1v) is 7.38. The van der Waals surface area contributed by atoms with Crippen molar-refractivity contribution in [1.82, 2.24) is 0 Å². The predicted molar refractivity (Wildman–Crippen MR) is 82.8 cm³/mol. The summed E-state index contributed by atoms with van der Waals surface area (Å²) in [4.78, 5) is 0. The molecule has 108 valence electrons.